The molecule has 0 amide bonds. The second kappa shape index (κ2) is 4.60. The normalized spacial score (nSPS) is 11.4. The van der Waals surface area contributed by atoms with E-state index in [0.717, 1.165) is 5.56 Å². The molecule has 1 aromatic rings. The molecule has 0 unspecified atom stereocenters. The second-order valence-corrected chi connectivity index (χ2v) is 3.52. The molecule has 0 N–H and O–H groups in total. The predicted octanol–water partition coefficient (Wildman–Crippen LogP) is 3.46. The summed E-state index contributed by atoms with van der Waals surface area (Å²) in [5.74, 6) is 0.667. The molecule has 0 atom stereocenters. The Hall–Kier alpha value is -0.830. The quantitative estimate of drug-likeness (QED) is 0.706. The molecule has 0 bridgehead atoms. The van der Waals surface area contributed by atoms with E-state index >= 15 is 0 Å². The van der Waals surface area contributed by atoms with E-state index in [2.05, 4.69) is 0 Å². The maximum Gasteiger partial charge on any atom is 0.322 e. The first-order valence-corrected chi connectivity index (χ1v) is 4.59. The number of halogens is 3. The lowest BCUT2D eigenvalue weighted by Crippen LogP contribution is -2.06. The molecule has 1 nitrogen and oxygen atoms in total. The van der Waals surface area contributed by atoms with Gasteiger partial charge in [0.15, 0.2) is 0 Å². The van der Waals surface area contributed by atoms with Gasteiger partial charge in [-0.3, -0.25) is 0 Å². The molecule has 0 aliphatic heterocycles. The zero-order valence-electron chi connectivity index (χ0n) is 7.77. The first-order valence-electron chi connectivity index (χ1n) is 4.21. The summed E-state index contributed by atoms with van der Waals surface area (Å²) in [6.07, 6.45) is -0.116. The minimum absolute atomic E-state index is 0.244. The Labute approximate surface area is 86.6 Å². The monoisotopic (exact) mass is 220 g/mol. The fourth-order valence-corrected chi connectivity index (χ4v) is 1.21. The van der Waals surface area contributed by atoms with Gasteiger partial charge in [0, 0.05) is 6.42 Å². The van der Waals surface area contributed by atoms with Crippen molar-refractivity contribution in [3.63, 3.8) is 0 Å². The summed E-state index contributed by atoms with van der Waals surface area (Å²) < 4.78 is 29.6. The summed E-state index contributed by atoms with van der Waals surface area (Å²) in [7, 11) is 1.54. The SMILES string of the molecule is COc1cccc(CCC(F)(F)Cl)c1. The number of hydrogen-bond acceptors (Lipinski definition) is 1. The molecule has 0 saturated carbocycles. The van der Waals surface area contributed by atoms with Crippen molar-refractivity contribution >= 4 is 11.6 Å². The number of aryl methyl sites for hydroxylation is 1. The number of rotatable bonds is 4. The first-order chi connectivity index (χ1) is 6.51. The van der Waals surface area contributed by atoms with Gasteiger partial charge in [-0.05, 0) is 35.7 Å². The lowest BCUT2D eigenvalue weighted by molar-refractivity contribution is 0.0865. The van der Waals surface area contributed by atoms with Crippen LogP contribution in [-0.4, -0.2) is 12.5 Å². The van der Waals surface area contributed by atoms with Crippen LogP contribution in [0.5, 0.6) is 5.75 Å². The number of alkyl halides is 3. The van der Waals surface area contributed by atoms with Crippen molar-refractivity contribution in [3.05, 3.63) is 29.8 Å². The highest BCUT2D eigenvalue weighted by molar-refractivity contribution is 6.21. The topological polar surface area (TPSA) is 9.23 Å². The van der Waals surface area contributed by atoms with Crippen molar-refractivity contribution in [2.45, 2.75) is 18.2 Å². The van der Waals surface area contributed by atoms with E-state index in [1.165, 1.54) is 7.11 Å². The van der Waals surface area contributed by atoms with Gasteiger partial charge >= 0.3 is 5.38 Å². The van der Waals surface area contributed by atoms with E-state index in [1.807, 2.05) is 0 Å². The maximum atomic E-state index is 12.3. The van der Waals surface area contributed by atoms with Crippen LogP contribution in [0.15, 0.2) is 24.3 Å². The number of methoxy groups -OCH3 is 1. The third-order valence-corrected chi connectivity index (χ3v) is 2.02. The van der Waals surface area contributed by atoms with Gasteiger partial charge in [-0.15, -0.1) is 0 Å². The van der Waals surface area contributed by atoms with Gasteiger partial charge in [0.2, 0.25) is 0 Å². The van der Waals surface area contributed by atoms with Crippen LogP contribution < -0.4 is 4.74 Å². The molecule has 0 saturated heterocycles. The minimum atomic E-state index is -3.12. The molecule has 0 heterocycles. The lowest BCUT2D eigenvalue weighted by Gasteiger charge is -2.08. The van der Waals surface area contributed by atoms with Crippen LogP contribution in [-0.2, 0) is 6.42 Å². The van der Waals surface area contributed by atoms with Crippen LogP contribution in [0.4, 0.5) is 8.78 Å². The molecular weight excluding hydrogens is 210 g/mol. The van der Waals surface area contributed by atoms with Crippen LogP contribution >= 0.6 is 11.6 Å². The Morgan fingerprint density at radius 2 is 2.14 bits per heavy atom. The standard InChI is InChI=1S/C10H11ClF2O/c1-14-9-4-2-3-8(7-9)5-6-10(11,12)13/h2-4,7H,5-6H2,1H3. The Morgan fingerprint density at radius 1 is 1.43 bits per heavy atom. The number of benzene rings is 1. The molecule has 0 spiro atoms. The van der Waals surface area contributed by atoms with Gasteiger partial charge in [0.25, 0.3) is 0 Å². The first kappa shape index (κ1) is 11.2. The zero-order chi connectivity index (χ0) is 10.6. The van der Waals surface area contributed by atoms with Crippen molar-refractivity contribution < 1.29 is 13.5 Å². The smallest absolute Gasteiger partial charge is 0.322 e. The van der Waals surface area contributed by atoms with E-state index < -0.39 is 5.38 Å². The van der Waals surface area contributed by atoms with Gasteiger partial charge < -0.3 is 4.74 Å². The van der Waals surface area contributed by atoms with Gasteiger partial charge in [-0.1, -0.05) is 12.1 Å². The molecule has 78 valence electrons. The maximum absolute atomic E-state index is 12.3. The number of hydrogen-bond donors (Lipinski definition) is 0. The molecule has 0 aliphatic rings. The zero-order valence-corrected chi connectivity index (χ0v) is 8.52. The molecule has 0 aliphatic carbocycles. The Bertz CT molecular complexity index is 296. The third kappa shape index (κ3) is 3.92. The van der Waals surface area contributed by atoms with E-state index in [4.69, 9.17) is 16.3 Å². The van der Waals surface area contributed by atoms with Gasteiger partial charge in [0.1, 0.15) is 5.75 Å². The highest BCUT2D eigenvalue weighted by Crippen LogP contribution is 2.25. The summed E-state index contributed by atoms with van der Waals surface area (Å²) in [4.78, 5) is 0. The fraction of sp³-hybridized carbons (Fsp3) is 0.400. The largest absolute Gasteiger partial charge is 0.497 e. The molecule has 14 heavy (non-hydrogen) atoms. The average Bonchev–Trinajstić information content (AvgIpc) is 2.14. The van der Waals surface area contributed by atoms with Crippen molar-refractivity contribution in [1.29, 1.82) is 0 Å². The van der Waals surface area contributed by atoms with Crippen LogP contribution in [0.25, 0.3) is 0 Å². The molecule has 4 heteroatoms. The fourth-order valence-electron chi connectivity index (χ4n) is 1.11. The second-order valence-electron chi connectivity index (χ2n) is 2.97. The molecule has 0 aromatic heterocycles. The van der Waals surface area contributed by atoms with Crippen molar-refractivity contribution in [3.8, 4) is 5.75 Å². The molecule has 1 rings (SSSR count). The highest BCUT2D eigenvalue weighted by atomic mass is 35.5. The van der Waals surface area contributed by atoms with Crippen LogP contribution in [0, 0.1) is 0 Å². The molecule has 0 radical (unpaired) electrons. The molecule has 1 aromatic carbocycles. The van der Waals surface area contributed by atoms with Crippen molar-refractivity contribution in [2.24, 2.45) is 0 Å². The average molecular weight is 221 g/mol. The van der Waals surface area contributed by atoms with Gasteiger partial charge in [-0.25, -0.2) is 0 Å². The predicted molar refractivity (Wildman–Crippen MR) is 52.1 cm³/mol. The van der Waals surface area contributed by atoms with E-state index in [0.29, 0.717) is 5.75 Å². The summed E-state index contributed by atoms with van der Waals surface area (Å²) >= 11 is 4.79. The number of ether oxygens (including phenoxy) is 1. The summed E-state index contributed by atoms with van der Waals surface area (Å²) in [5.41, 5.74) is 0.796. The van der Waals surface area contributed by atoms with Gasteiger partial charge in [-0.2, -0.15) is 8.78 Å². The van der Waals surface area contributed by atoms with E-state index in [9.17, 15) is 8.78 Å². The third-order valence-electron chi connectivity index (χ3n) is 1.83. The Kier molecular flexibility index (Phi) is 3.69. The van der Waals surface area contributed by atoms with E-state index in [-0.39, 0.29) is 12.8 Å². The summed E-state index contributed by atoms with van der Waals surface area (Å²) in [6, 6.07) is 7.02. The van der Waals surface area contributed by atoms with Crippen LogP contribution in [0.1, 0.15) is 12.0 Å². The Balaban J connectivity index is 2.59. The van der Waals surface area contributed by atoms with Crippen molar-refractivity contribution in [1.82, 2.24) is 0 Å². The molecule has 0 fully saturated rings. The minimum Gasteiger partial charge on any atom is -0.497 e. The molecular formula is C10H11ClF2O. The highest BCUT2D eigenvalue weighted by Gasteiger charge is 2.23. The van der Waals surface area contributed by atoms with Crippen LogP contribution in [0.3, 0.4) is 0 Å². The summed E-state index contributed by atoms with van der Waals surface area (Å²) in [6.45, 7) is 0. The van der Waals surface area contributed by atoms with Crippen molar-refractivity contribution in [2.75, 3.05) is 7.11 Å². The van der Waals surface area contributed by atoms with Crippen LogP contribution in [0.2, 0.25) is 0 Å². The lowest BCUT2D eigenvalue weighted by atomic mass is 10.1. The Morgan fingerprint density at radius 3 is 2.71 bits per heavy atom. The van der Waals surface area contributed by atoms with Gasteiger partial charge in [0.05, 0.1) is 7.11 Å². The van der Waals surface area contributed by atoms with E-state index in [1.54, 1.807) is 24.3 Å². The summed E-state index contributed by atoms with van der Waals surface area (Å²) in [5, 5.41) is -3.12.